The van der Waals surface area contributed by atoms with E-state index in [0.717, 1.165) is 12.2 Å². The van der Waals surface area contributed by atoms with Crippen LogP contribution in [0.4, 0.5) is 0 Å². The molecule has 2 aromatic rings. The Kier molecular flexibility index (Phi) is 6.57. The standard InChI is InChI=1S/C22H27NOS/c1-2-21(19-13-12-17-8-6-7-9-18(17)16-19)23-22(24)14-15-25-20-10-4-3-5-11-20/h3-5,10-13,16,21H,2,6-9,14-15H2,1H3,(H,23,24)/t21-/m0/s1. The first-order chi connectivity index (χ1) is 12.3. The summed E-state index contributed by atoms with van der Waals surface area (Å²) in [5, 5.41) is 3.22. The molecule has 2 nitrogen and oxygen atoms in total. The molecule has 25 heavy (non-hydrogen) atoms. The second-order valence-corrected chi connectivity index (χ2v) is 7.84. The highest BCUT2D eigenvalue weighted by molar-refractivity contribution is 7.99. The Bertz CT molecular complexity index is 698. The Morgan fingerprint density at radius 2 is 1.84 bits per heavy atom. The number of carbonyl (C=O) groups is 1. The van der Waals surface area contributed by atoms with Gasteiger partial charge in [0.25, 0.3) is 0 Å². The number of aryl methyl sites for hydroxylation is 2. The van der Waals surface area contributed by atoms with Gasteiger partial charge in [0.1, 0.15) is 0 Å². The first-order valence-corrected chi connectivity index (χ1v) is 10.3. The molecule has 0 heterocycles. The molecule has 1 atom stereocenters. The van der Waals surface area contributed by atoms with Crippen molar-refractivity contribution in [1.82, 2.24) is 5.32 Å². The number of benzene rings is 2. The Labute approximate surface area is 155 Å². The van der Waals surface area contributed by atoms with E-state index in [4.69, 9.17) is 0 Å². The zero-order chi connectivity index (χ0) is 17.5. The molecule has 0 aromatic heterocycles. The Balaban J connectivity index is 1.53. The molecule has 0 saturated carbocycles. The normalized spacial score (nSPS) is 14.6. The number of nitrogens with one attached hydrogen (secondary N) is 1. The van der Waals surface area contributed by atoms with Crippen LogP contribution in [0.25, 0.3) is 0 Å². The highest BCUT2D eigenvalue weighted by atomic mass is 32.2. The summed E-state index contributed by atoms with van der Waals surface area (Å²) >= 11 is 1.74. The largest absolute Gasteiger partial charge is 0.349 e. The smallest absolute Gasteiger partial charge is 0.221 e. The van der Waals surface area contributed by atoms with Gasteiger partial charge in [-0.15, -0.1) is 11.8 Å². The number of amides is 1. The van der Waals surface area contributed by atoms with Gasteiger partial charge in [0.2, 0.25) is 5.91 Å². The number of thioether (sulfide) groups is 1. The predicted octanol–water partition coefficient (Wildman–Crippen LogP) is 5.32. The average molecular weight is 354 g/mol. The molecule has 0 bridgehead atoms. The van der Waals surface area contributed by atoms with Gasteiger partial charge in [0, 0.05) is 17.1 Å². The molecule has 1 amide bonds. The Hall–Kier alpha value is -1.74. The van der Waals surface area contributed by atoms with Crippen LogP contribution in [0.1, 0.15) is 55.3 Å². The molecule has 2 aromatic carbocycles. The lowest BCUT2D eigenvalue weighted by Gasteiger charge is -2.21. The van der Waals surface area contributed by atoms with Crippen LogP contribution < -0.4 is 5.32 Å². The van der Waals surface area contributed by atoms with Gasteiger partial charge >= 0.3 is 0 Å². The molecule has 1 aliphatic rings. The molecular weight excluding hydrogens is 326 g/mol. The molecule has 3 rings (SSSR count). The molecule has 3 heteroatoms. The Morgan fingerprint density at radius 3 is 2.60 bits per heavy atom. The van der Waals surface area contributed by atoms with E-state index < -0.39 is 0 Å². The predicted molar refractivity (Wildman–Crippen MR) is 106 cm³/mol. The van der Waals surface area contributed by atoms with Crippen LogP contribution in [-0.4, -0.2) is 11.7 Å². The lowest BCUT2D eigenvalue weighted by Crippen LogP contribution is -2.28. The van der Waals surface area contributed by atoms with Crippen molar-refractivity contribution in [2.75, 3.05) is 5.75 Å². The van der Waals surface area contributed by atoms with Crippen LogP contribution in [0, 0.1) is 0 Å². The summed E-state index contributed by atoms with van der Waals surface area (Å²) in [7, 11) is 0. The second kappa shape index (κ2) is 9.10. The summed E-state index contributed by atoms with van der Waals surface area (Å²) in [5.41, 5.74) is 4.23. The lowest BCUT2D eigenvalue weighted by molar-refractivity contribution is -0.121. The molecule has 0 radical (unpaired) electrons. The summed E-state index contributed by atoms with van der Waals surface area (Å²) < 4.78 is 0. The number of hydrogen-bond donors (Lipinski definition) is 1. The SMILES string of the molecule is CC[C@H](NC(=O)CCSc1ccccc1)c1ccc2c(c1)CCCC2. The van der Waals surface area contributed by atoms with Gasteiger partial charge in [0.05, 0.1) is 6.04 Å². The molecule has 0 spiro atoms. The van der Waals surface area contributed by atoms with Gasteiger partial charge in [-0.05, 0) is 60.9 Å². The van der Waals surface area contributed by atoms with E-state index in [-0.39, 0.29) is 11.9 Å². The highest BCUT2D eigenvalue weighted by Gasteiger charge is 2.16. The lowest BCUT2D eigenvalue weighted by atomic mass is 9.89. The van der Waals surface area contributed by atoms with E-state index in [9.17, 15) is 4.79 Å². The van der Waals surface area contributed by atoms with Gasteiger partial charge < -0.3 is 5.32 Å². The fraction of sp³-hybridized carbons (Fsp3) is 0.409. The van der Waals surface area contributed by atoms with Crippen LogP contribution in [0.2, 0.25) is 0 Å². The minimum atomic E-state index is 0.126. The second-order valence-electron chi connectivity index (χ2n) is 6.68. The molecule has 1 N–H and O–H groups in total. The third-order valence-electron chi connectivity index (χ3n) is 4.86. The minimum absolute atomic E-state index is 0.126. The van der Waals surface area contributed by atoms with Crippen LogP contribution >= 0.6 is 11.8 Å². The minimum Gasteiger partial charge on any atom is -0.349 e. The van der Waals surface area contributed by atoms with E-state index in [1.54, 1.807) is 11.8 Å². The number of carbonyl (C=O) groups excluding carboxylic acids is 1. The zero-order valence-electron chi connectivity index (χ0n) is 15.0. The molecular formula is C22H27NOS. The fourth-order valence-corrected chi connectivity index (χ4v) is 4.31. The van der Waals surface area contributed by atoms with Gasteiger partial charge in [-0.3, -0.25) is 4.79 Å². The topological polar surface area (TPSA) is 29.1 Å². The number of fused-ring (bicyclic) bond motifs is 1. The van der Waals surface area contributed by atoms with Crippen molar-refractivity contribution in [1.29, 1.82) is 0 Å². The van der Waals surface area contributed by atoms with Crippen molar-refractivity contribution >= 4 is 17.7 Å². The first-order valence-electron chi connectivity index (χ1n) is 9.35. The fourth-order valence-electron chi connectivity index (χ4n) is 3.44. The summed E-state index contributed by atoms with van der Waals surface area (Å²) in [6.07, 6.45) is 6.46. The first kappa shape index (κ1) is 18.1. The van der Waals surface area contributed by atoms with Crippen LogP contribution in [0.3, 0.4) is 0 Å². The van der Waals surface area contributed by atoms with Crippen molar-refractivity contribution in [3.05, 3.63) is 65.2 Å². The maximum absolute atomic E-state index is 12.3. The quantitative estimate of drug-likeness (QED) is 0.683. The molecule has 0 unspecified atom stereocenters. The van der Waals surface area contributed by atoms with Gasteiger partial charge in [0.15, 0.2) is 0 Å². The van der Waals surface area contributed by atoms with Gasteiger partial charge in [-0.1, -0.05) is 43.3 Å². The van der Waals surface area contributed by atoms with Crippen molar-refractivity contribution in [2.45, 2.75) is 56.4 Å². The van der Waals surface area contributed by atoms with Crippen LogP contribution in [0.5, 0.6) is 0 Å². The van der Waals surface area contributed by atoms with Gasteiger partial charge in [-0.2, -0.15) is 0 Å². The zero-order valence-corrected chi connectivity index (χ0v) is 15.8. The third kappa shape index (κ3) is 5.12. The van der Waals surface area contributed by atoms with E-state index in [1.165, 1.54) is 47.3 Å². The maximum atomic E-state index is 12.3. The van der Waals surface area contributed by atoms with E-state index in [0.29, 0.717) is 6.42 Å². The molecule has 0 aliphatic heterocycles. The van der Waals surface area contributed by atoms with Gasteiger partial charge in [-0.25, -0.2) is 0 Å². The van der Waals surface area contributed by atoms with Crippen LogP contribution in [0.15, 0.2) is 53.4 Å². The maximum Gasteiger partial charge on any atom is 0.221 e. The van der Waals surface area contributed by atoms with Crippen molar-refractivity contribution in [3.63, 3.8) is 0 Å². The number of rotatable bonds is 7. The monoisotopic (exact) mass is 353 g/mol. The van der Waals surface area contributed by atoms with Crippen molar-refractivity contribution < 1.29 is 4.79 Å². The van der Waals surface area contributed by atoms with Crippen molar-refractivity contribution in [3.8, 4) is 0 Å². The summed E-state index contributed by atoms with van der Waals surface area (Å²) in [6, 6.07) is 17.2. The highest BCUT2D eigenvalue weighted by Crippen LogP contribution is 2.26. The average Bonchev–Trinajstić information content (AvgIpc) is 2.66. The van der Waals surface area contributed by atoms with E-state index in [1.807, 2.05) is 18.2 Å². The molecule has 132 valence electrons. The Morgan fingerprint density at radius 1 is 1.08 bits per heavy atom. The summed E-state index contributed by atoms with van der Waals surface area (Å²) in [6.45, 7) is 2.14. The van der Waals surface area contributed by atoms with Crippen molar-refractivity contribution in [2.24, 2.45) is 0 Å². The van der Waals surface area contributed by atoms with E-state index in [2.05, 4.69) is 42.6 Å². The summed E-state index contributed by atoms with van der Waals surface area (Å²) in [5.74, 6) is 0.962. The number of hydrogen-bond acceptors (Lipinski definition) is 2. The molecule has 0 fully saturated rings. The third-order valence-corrected chi connectivity index (χ3v) is 5.87. The van der Waals surface area contributed by atoms with Crippen LogP contribution in [-0.2, 0) is 17.6 Å². The molecule has 1 aliphatic carbocycles. The van der Waals surface area contributed by atoms with E-state index >= 15 is 0 Å². The molecule has 0 saturated heterocycles. The summed E-state index contributed by atoms with van der Waals surface area (Å²) in [4.78, 5) is 13.6.